The van der Waals surface area contributed by atoms with Crippen LogP contribution >= 0.6 is 0 Å². The molecule has 8 fully saturated rings. The Morgan fingerprint density at radius 1 is 0.586 bits per heavy atom. The molecule has 0 bridgehead atoms. The van der Waals surface area contributed by atoms with E-state index in [4.69, 9.17) is 10.2 Å². The van der Waals surface area contributed by atoms with Gasteiger partial charge in [-0.15, -0.1) is 0 Å². The Morgan fingerprint density at radius 2 is 1.05 bits per heavy atom. The summed E-state index contributed by atoms with van der Waals surface area (Å²) >= 11 is 0. The molecule has 0 heterocycles. The van der Waals surface area contributed by atoms with E-state index in [1.807, 2.05) is 0 Å². The van der Waals surface area contributed by atoms with Gasteiger partial charge in [-0.2, -0.15) is 0 Å². The van der Waals surface area contributed by atoms with Gasteiger partial charge in [-0.05, 0) is 183 Å². The van der Waals surface area contributed by atoms with E-state index in [9.17, 15) is 22.8 Å². The lowest BCUT2D eigenvalue weighted by atomic mass is 9.43. The Hall–Kier alpha value is -1.48. The minimum absolute atomic E-state index is 0.00148. The highest BCUT2D eigenvalue weighted by Gasteiger charge is 2.69. The van der Waals surface area contributed by atoms with E-state index in [0.29, 0.717) is 62.2 Å². The topological polar surface area (TPSA) is 74.6 Å². The van der Waals surface area contributed by atoms with Gasteiger partial charge in [0.25, 0.3) is 5.92 Å². The van der Waals surface area contributed by atoms with Gasteiger partial charge in [0.15, 0.2) is 0 Å². The average Bonchev–Trinajstić information content (AvgIpc) is 3.68. The molecule has 10 heteroatoms. The summed E-state index contributed by atoms with van der Waals surface area (Å²) < 4.78 is 89.0. The predicted molar refractivity (Wildman–Crippen MR) is 213 cm³/mol. The first-order valence-electron chi connectivity index (χ1n) is 23.4. The van der Waals surface area contributed by atoms with Gasteiger partial charge in [0.05, 0.1) is 0 Å². The summed E-state index contributed by atoms with van der Waals surface area (Å²) in [5.74, 6) is -5.95. The van der Waals surface area contributed by atoms with Crippen LogP contribution in [0.1, 0.15) is 170 Å². The average molecular weight is 829 g/mol. The van der Waals surface area contributed by atoms with Crippen molar-refractivity contribution in [1.29, 1.82) is 0 Å². The third-order valence-corrected chi connectivity index (χ3v) is 20.4. The number of hydrogen-bond donors (Lipinski definition) is 2. The summed E-state index contributed by atoms with van der Waals surface area (Å²) in [6, 6.07) is 0. The van der Waals surface area contributed by atoms with E-state index < -0.39 is 42.0 Å². The molecule has 332 valence electrons. The Bertz CT molecular complexity index is 1520. The molecule has 0 aromatic heterocycles. The lowest BCUT2D eigenvalue weighted by molar-refractivity contribution is -0.236. The van der Waals surface area contributed by atoms with Crippen LogP contribution in [0.2, 0.25) is 0 Å². The third kappa shape index (κ3) is 7.58. The number of carboxylic acid groups (broad SMARTS) is 2. The molecule has 8 rings (SSSR count). The normalized spacial score (nSPS) is 49.6. The van der Waals surface area contributed by atoms with Gasteiger partial charge >= 0.3 is 11.9 Å². The highest BCUT2D eigenvalue weighted by Crippen LogP contribution is 2.72. The Kier molecular flexibility index (Phi) is 12.1. The molecule has 8 aliphatic carbocycles. The molecule has 0 amide bonds. The quantitative estimate of drug-likeness (QED) is 0.239. The van der Waals surface area contributed by atoms with Gasteiger partial charge in [0, 0.05) is 38.0 Å². The maximum Gasteiger partial charge on any atom is 0.303 e. The molecule has 18 unspecified atom stereocenters. The molecule has 0 saturated heterocycles. The summed E-state index contributed by atoms with van der Waals surface area (Å²) in [5, 5.41) is 18.1. The first-order valence-corrected chi connectivity index (χ1v) is 23.4. The van der Waals surface area contributed by atoms with Crippen LogP contribution in [0.5, 0.6) is 0 Å². The first kappa shape index (κ1) is 44.6. The fourth-order valence-corrected chi connectivity index (χ4v) is 17.3. The maximum atomic E-state index is 15.6. The molecule has 2 N–H and O–H groups in total. The molecule has 4 nitrogen and oxygen atoms in total. The van der Waals surface area contributed by atoms with Crippen LogP contribution in [0.15, 0.2) is 0 Å². The van der Waals surface area contributed by atoms with Crippen LogP contribution in [0.3, 0.4) is 0 Å². The molecule has 0 aromatic rings. The highest BCUT2D eigenvalue weighted by molar-refractivity contribution is 5.66. The van der Waals surface area contributed by atoms with Crippen molar-refractivity contribution in [3.8, 4) is 0 Å². The first-order chi connectivity index (χ1) is 27.0. The fraction of sp³-hybridized carbons (Fsp3) is 0.958. The molecule has 18 atom stereocenters. The Labute approximate surface area is 344 Å². The summed E-state index contributed by atoms with van der Waals surface area (Å²) in [5.41, 5.74) is -0.360. The molecule has 8 aliphatic rings. The summed E-state index contributed by atoms with van der Waals surface area (Å²) in [6.07, 6.45) is 9.47. The number of carboxylic acids is 2. The SMILES string of the molecule is CC(CCC(=O)O)C1CCC2C3C(CCC12C)C1(C)CCC(F)CC1CC3(F)F.CC(CCC(=O)O)C1CCC2C3C(F)CC4CC(F)(F)CCC4(C)C3CCC12C. The van der Waals surface area contributed by atoms with Gasteiger partial charge in [0.1, 0.15) is 12.3 Å². The predicted octanol–water partition coefficient (Wildman–Crippen LogP) is 13.5. The number of alkyl halides is 6. The monoisotopic (exact) mass is 829 g/mol. The minimum atomic E-state index is -2.71. The van der Waals surface area contributed by atoms with Gasteiger partial charge < -0.3 is 10.2 Å². The lowest BCUT2D eigenvalue weighted by Crippen LogP contribution is -2.60. The zero-order valence-corrected chi connectivity index (χ0v) is 36.2. The second kappa shape index (κ2) is 15.7. The standard InChI is InChI=1S/2C24H37F3O2/c1-14(4-7-20(28)29)17-5-6-18-21-19(9-11-23(17,18)3)22(2)10-8-16(25)12-15(22)13-24(21,26)27;1-14(4-7-20(28)29)16-5-6-17-21-18(8-9-23(16,17)3)22(2)10-11-24(26,27)13-15(22)12-19(21)25/h2*14-19,21H,4-13H2,1-3H3,(H,28,29). The second-order valence-corrected chi connectivity index (χ2v) is 22.9. The van der Waals surface area contributed by atoms with Gasteiger partial charge in [0.2, 0.25) is 5.92 Å². The number of fused-ring (bicyclic) bond motifs is 10. The summed E-state index contributed by atoms with van der Waals surface area (Å²) in [7, 11) is 0. The molecule has 0 spiro atoms. The lowest BCUT2D eigenvalue weighted by Gasteiger charge is -2.62. The van der Waals surface area contributed by atoms with Crippen LogP contribution in [0.4, 0.5) is 26.3 Å². The van der Waals surface area contributed by atoms with Crippen molar-refractivity contribution >= 4 is 11.9 Å². The van der Waals surface area contributed by atoms with Crippen molar-refractivity contribution in [3.05, 3.63) is 0 Å². The van der Waals surface area contributed by atoms with Crippen LogP contribution in [0, 0.1) is 92.7 Å². The van der Waals surface area contributed by atoms with E-state index in [-0.39, 0.29) is 95.2 Å². The Morgan fingerprint density at radius 3 is 1.64 bits per heavy atom. The van der Waals surface area contributed by atoms with Crippen molar-refractivity contribution in [3.63, 3.8) is 0 Å². The zero-order chi connectivity index (χ0) is 42.4. The molecule has 0 aromatic carbocycles. The smallest absolute Gasteiger partial charge is 0.303 e. The second-order valence-electron chi connectivity index (χ2n) is 22.9. The van der Waals surface area contributed by atoms with Crippen LogP contribution in [-0.2, 0) is 9.59 Å². The number of rotatable bonds is 8. The van der Waals surface area contributed by atoms with E-state index >= 15 is 13.2 Å². The number of hydrogen-bond acceptors (Lipinski definition) is 2. The van der Waals surface area contributed by atoms with Crippen LogP contribution in [0.25, 0.3) is 0 Å². The number of aliphatic carboxylic acids is 2. The highest BCUT2D eigenvalue weighted by atomic mass is 19.3. The van der Waals surface area contributed by atoms with Crippen LogP contribution in [-0.4, -0.2) is 46.3 Å². The van der Waals surface area contributed by atoms with Gasteiger partial charge in [-0.1, -0.05) is 41.5 Å². The molecule has 0 aliphatic heterocycles. The van der Waals surface area contributed by atoms with E-state index in [1.165, 1.54) is 0 Å². The third-order valence-electron chi connectivity index (χ3n) is 20.4. The Balaban J connectivity index is 0.000000177. The number of halogens is 6. The van der Waals surface area contributed by atoms with Gasteiger partial charge in [-0.25, -0.2) is 26.3 Å². The van der Waals surface area contributed by atoms with Crippen molar-refractivity contribution in [2.75, 3.05) is 0 Å². The van der Waals surface area contributed by atoms with Crippen molar-refractivity contribution in [1.82, 2.24) is 0 Å². The van der Waals surface area contributed by atoms with E-state index in [2.05, 4.69) is 41.5 Å². The maximum absolute atomic E-state index is 15.6. The zero-order valence-electron chi connectivity index (χ0n) is 36.2. The summed E-state index contributed by atoms with van der Waals surface area (Å²) in [6.45, 7) is 13.2. The minimum Gasteiger partial charge on any atom is -0.481 e. The molecule has 0 radical (unpaired) electrons. The van der Waals surface area contributed by atoms with Gasteiger partial charge in [-0.3, -0.25) is 9.59 Å². The molecular weight excluding hydrogens is 755 g/mol. The van der Waals surface area contributed by atoms with Crippen molar-refractivity contribution in [2.24, 2.45) is 92.7 Å². The molecule has 58 heavy (non-hydrogen) atoms. The fourth-order valence-electron chi connectivity index (χ4n) is 17.3. The van der Waals surface area contributed by atoms with Crippen LogP contribution < -0.4 is 0 Å². The van der Waals surface area contributed by atoms with E-state index in [1.54, 1.807) is 0 Å². The van der Waals surface area contributed by atoms with Crippen molar-refractivity contribution < 1.29 is 46.1 Å². The van der Waals surface area contributed by atoms with Crippen molar-refractivity contribution in [2.45, 2.75) is 194 Å². The molecular formula is C48H74F6O4. The largest absolute Gasteiger partial charge is 0.481 e. The number of carbonyl (C=O) groups is 2. The molecule has 8 saturated carbocycles. The van der Waals surface area contributed by atoms with E-state index in [0.717, 1.165) is 57.8 Å². The summed E-state index contributed by atoms with van der Waals surface area (Å²) in [4.78, 5) is 22.0.